The van der Waals surface area contributed by atoms with Crippen molar-refractivity contribution in [1.29, 1.82) is 0 Å². The fourth-order valence-electron chi connectivity index (χ4n) is 2.83. The zero-order valence-corrected chi connectivity index (χ0v) is 14.1. The van der Waals surface area contributed by atoms with E-state index in [1.54, 1.807) is 7.05 Å². The Bertz CT molecular complexity index is 1120. The normalized spacial score (nSPS) is 11.3. The summed E-state index contributed by atoms with van der Waals surface area (Å²) in [6, 6.07) is 7.76. The van der Waals surface area contributed by atoms with Crippen LogP contribution in [-0.4, -0.2) is 41.8 Å². The quantitative estimate of drug-likeness (QED) is 0.540. The second-order valence-electron chi connectivity index (χ2n) is 5.98. The molecule has 3 aromatic heterocycles. The molecule has 0 unspecified atom stereocenters. The molecular formula is C17H17N7O2. The van der Waals surface area contributed by atoms with E-state index in [0.717, 1.165) is 16.9 Å². The summed E-state index contributed by atoms with van der Waals surface area (Å²) in [6.45, 7) is 0.340. The third kappa shape index (κ3) is 2.94. The van der Waals surface area contributed by atoms with Crippen molar-refractivity contribution < 1.29 is 4.79 Å². The smallest absolute Gasteiger partial charge is 0.264 e. The number of carbonyl (C=O) groups excluding carboxylic acids is 1. The molecule has 0 aliphatic carbocycles. The maximum Gasteiger partial charge on any atom is 0.264 e. The first-order valence-electron chi connectivity index (χ1n) is 8.19. The van der Waals surface area contributed by atoms with Crippen LogP contribution in [0.25, 0.3) is 22.1 Å². The molecule has 132 valence electrons. The van der Waals surface area contributed by atoms with Gasteiger partial charge in [0.2, 0.25) is 5.91 Å². The number of nitrogens with zero attached hydrogens (tertiary/aromatic N) is 5. The number of para-hydroxylation sites is 2. The van der Waals surface area contributed by atoms with Gasteiger partial charge in [0.05, 0.1) is 17.2 Å². The molecule has 2 N–H and O–H groups in total. The standard InChI is InChI=1S/C17H17N7O2/c1-23-16-11(8-20-23)17(26)24(10-19-16)9-15(25)18-7-6-14-21-12-4-2-3-5-13(12)22-14/h2-5,8,10H,6-7,9H2,1H3,(H,18,25)(H,21,22). The van der Waals surface area contributed by atoms with E-state index < -0.39 is 0 Å². The summed E-state index contributed by atoms with van der Waals surface area (Å²) >= 11 is 0. The van der Waals surface area contributed by atoms with Gasteiger partial charge in [0, 0.05) is 20.0 Å². The third-order valence-corrected chi connectivity index (χ3v) is 4.15. The highest BCUT2D eigenvalue weighted by molar-refractivity contribution is 5.77. The largest absolute Gasteiger partial charge is 0.354 e. The molecule has 0 fully saturated rings. The van der Waals surface area contributed by atoms with Gasteiger partial charge in [-0.15, -0.1) is 0 Å². The lowest BCUT2D eigenvalue weighted by molar-refractivity contribution is -0.121. The fraction of sp³-hybridized carbons (Fsp3) is 0.235. The van der Waals surface area contributed by atoms with Gasteiger partial charge in [-0.3, -0.25) is 18.8 Å². The van der Waals surface area contributed by atoms with Gasteiger partial charge in [-0.05, 0) is 12.1 Å². The minimum absolute atomic E-state index is 0.0865. The highest BCUT2D eigenvalue weighted by atomic mass is 16.2. The Morgan fingerprint density at radius 2 is 2.15 bits per heavy atom. The monoisotopic (exact) mass is 351 g/mol. The van der Waals surface area contributed by atoms with Gasteiger partial charge in [-0.25, -0.2) is 9.97 Å². The molecule has 0 saturated carbocycles. The van der Waals surface area contributed by atoms with Crippen molar-refractivity contribution in [2.45, 2.75) is 13.0 Å². The van der Waals surface area contributed by atoms with E-state index in [4.69, 9.17) is 0 Å². The zero-order valence-electron chi connectivity index (χ0n) is 14.1. The van der Waals surface area contributed by atoms with Crippen LogP contribution in [0, 0.1) is 0 Å². The number of carbonyl (C=O) groups is 1. The van der Waals surface area contributed by atoms with Crippen LogP contribution in [0.4, 0.5) is 0 Å². The molecule has 4 aromatic rings. The molecule has 0 spiro atoms. The maximum absolute atomic E-state index is 12.3. The lowest BCUT2D eigenvalue weighted by Crippen LogP contribution is -2.33. The minimum Gasteiger partial charge on any atom is -0.354 e. The molecule has 1 aromatic carbocycles. The second kappa shape index (κ2) is 6.43. The minimum atomic E-state index is -0.282. The SMILES string of the molecule is Cn1ncc2c(=O)n(CC(=O)NCCc3nc4ccccc4[nH]3)cnc21. The molecule has 0 aliphatic rings. The maximum atomic E-state index is 12.3. The van der Waals surface area contributed by atoms with Crippen LogP contribution in [0.5, 0.6) is 0 Å². The molecule has 0 atom stereocenters. The Morgan fingerprint density at radius 3 is 3.00 bits per heavy atom. The summed E-state index contributed by atoms with van der Waals surface area (Å²) < 4.78 is 2.80. The van der Waals surface area contributed by atoms with E-state index in [0.29, 0.717) is 24.0 Å². The number of hydrogen-bond donors (Lipinski definition) is 2. The van der Waals surface area contributed by atoms with Crippen LogP contribution >= 0.6 is 0 Å². The van der Waals surface area contributed by atoms with E-state index in [1.165, 1.54) is 21.8 Å². The van der Waals surface area contributed by atoms with Gasteiger partial charge in [0.1, 0.15) is 24.1 Å². The number of H-pyrrole nitrogens is 1. The van der Waals surface area contributed by atoms with E-state index in [9.17, 15) is 9.59 Å². The lowest BCUT2D eigenvalue weighted by Gasteiger charge is -2.06. The molecule has 0 radical (unpaired) electrons. The first-order chi connectivity index (χ1) is 12.6. The van der Waals surface area contributed by atoms with Gasteiger partial charge in [0.25, 0.3) is 5.56 Å². The number of aromatic amines is 1. The van der Waals surface area contributed by atoms with Crippen molar-refractivity contribution in [3.05, 3.63) is 53.0 Å². The molecule has 0 saturated heterocycles. The van der Waals surface area contributed by atoms with Crippen molar-refractivity contribution in [3.63, 3.8) is 0 Å². The topological polar surface area (TPSA) is 110 Å². The van der Waals surface area contributed by atoms with Gasteiger partial charge >= 0.3 is 0 Å². The number of imidazole rings is 1. The molecule has 9 heteroatoms. The van der Waals surface area contributed by atoms with Crippen molar-refractivity contribution in [1.82, 2.24) is 34.6 Å². The van der Waals surface area contributed by atoms with Crippen molar-refractivity contribution >= 4 is 28.0 Å². The van der Waals surface area contributed by atoms with Crippen LogP contribution < -0.4 is 10.9 Å². The van der Waals surface area contributed by atoms with E-state index in [-0.39, 0.29) is 18.0 Å². The summed E-state index contributed by atoms with van der Waals surface area (Å²) in [5.74, 6) is 0.551. The average Bonchev–Trinajstić information content (AvgIpc) is 3.21. The average molecular weight is 351 g/mol. The highest BCUT2D eigenvalue weighted by Gasteiger charge is 2.11. The number of aryl methyl sites for hydroxylation is 1. The summed E-state index contributed by atoms with van der Waals surface area (Å²) in [5.41, 5.74) is 2.08. The summed E-state index contributed by atoms with van der Waals surface area (Å²) in [6.07, 6.45) is 3.40. The predicted molar refractivity (Wildman–Crippen MR) is 95.6 cm³/mol. The number of benzene rings is 1. The molecule has 0 aliphatic heterocycles. The second-order valence-corrected chi connectivity index (χ2v) is 5.98. The van der Waals surface area contributed by atoms with E-state index in [1.807, 2.05) is 24.3 Å². The number of rotatable bonds is 5. The number of nitrogens with one attached hydrogen (secondary N) is 2. The number of hydrogen-bond acceptors (Lipinski definition) is 5. The predicted octanol–water partition coefficient (Wildman–Crippen LogP) is 0.365. The first-order valence-corrected chi connectivity index (χ1v) is 8.19. The van der Waals surface area contributed by atoms with Crippen LogP contribution in [-0.2, 0) is 24.8 Å². The number of aromatic nitrogens is 6. The van der Waals surface area contributed by atoms with E-state index >= 15 is 0 Å². The van der Waals surface area contributed by atoms with E-state index in [2.05, 4.69) is 25.4 Å². The van der Waals surface area contributed by atoms with Crippen molar-refractivity contribution in [2.24, 2.45) is 7.05 Å². The van der Waals surface area contributed by atoms with Gasteiger partial charge < -0.3 is 10.3 Å². The molecular weight excluding hydrogens is 334 g/mol. The number of amides is 1. The Balaban J connectivity index is 1.38. The molecule has 0 bridgehead atoms. The first kappa shape index (κ1) is 16.0. The molecule has 1 amide bonds. The van der Waals surface area contributed by atoms with Crippen LogP contribution in [0.2, 0.25) is 0 Å². The molecule has 9 nitrogen and oxygen atoms in total. The third-order valence-electron chi connectivity index (χ3n) is 4.15. The molecule has 3 heterocycles. The van der Waals surface area contributed by atoms with Crippen LogP contribution in [0.1, 0.15) is 5.82 Å². The van der Waals surface area contributed by atoms with Crippen molar-refractivity contribution in [2.75, 3.05) is 6.54 Å². The van der Waals surface area contributed by atoms with Gasteiger partial charge in [0.15, 0.2) is 5.65 Å². The Kier molecular flexibility index (Phi) is 3.96. The summed E-state index contributed by atoms with van der Waals surface area (Å²) in [7, 11) is 1.71. The zero-order chi connectivity index (χ0) is 18.1. The Hall–Kier alpha value is -3.49. The number of fused-ring (bicyclic) bond motifs is 2. The summed E-state index contributed by atoms with van der Waals surface area (Å²) in [4.78, 5) is 36.3. The highest BCUT2D eigenvalue weighted by Crippen LogP contribution is 2.10. The van der Waals surface area contributed by atoms with Crippen LogP contribution in [0.3, 0.4) is 0 Å². The lowest BCUT2D eigenvalue weighted by atomic mass is 10.3. The Morgan fingerprint density at radius 1 is 1.31 bits per heavy atom. The molecule has 26 heavy (non-hydrogen) atoms. The van der Waals surface area contributed by atoms with Crippen LogP contribution in [0.15, 0.2) is 41.6 Å². The molecule has 4 rings (SSSR count). The summed E-state index contributed by atoms with van der Waals surface area (Å²) in [5, 5.41) is 7.20. The van der Waals surface area contributed by atoms with Crippen molar-refractivity contribution in [3.8, 4) is 0 Å². The Labute approximate surface area is 147 Å². The fourth-order valence-corrected chi connectivity index (χ4v) is 2.83. The van der Waals surface area contributed by atoms with Gasteiger partial charge in [-0.1, -0.05) is 12.1 Å². The van der Waals surface area contributed by atoms with Gasteiger partial charge in [-0.2, -0.15) is 5.10 Å².